The Labute approximate surface area is 208 Å². The lowest BCUT2D eigenvalue weighted by Crippen LogP contribution is -2.33. The molecule has 2 heterocycles. The number of aromatic nitrogens is 3. The Kier molecular flexibility index (Phi) is 9.09. The molecule has 0 radical (unpaired) electrons. The molecule has 10 nitrogen and oxygen atoms in total. The minimum atomic E-state index is -0.666. The molecule has 1 aromatic carbocycles. The average Bonchev–Trinajstić information content (AvgIpc) is 3.27. The van der Waals surface area contributed by atoms with Crippen molar-refractivity contribution in [2.24, 2.45) is 0 Å². The molecule has 0 bridgehead atoms. The second-order valence-electron chi connectivity index (χ2n) is 8.23. The summed E-state index contributed by atoms with van der Waals surface area (Å²) in [5.74, 6) is -0.749. The van der Waals surface area contributed by atoms with Crippen molar-refractivity contribution in [3.8, 4) is 5.75 Å². The highest BCUT2D eigenvalue weighted by Gasteiger charge is 2.14. The first-order valence-electron chi connectivity index (χ1n) is 11.4. The van der Waals surface area contributed by atoms with Gasteiger partial charge in [0.25, 0.3) is 0 Å². The van der Waals surface area contributed by atoms with Crippen LogP contribution in [0.3, 0.4) is 0 Å². The van der Waals surface area contributed by atoms with Crippen LogP contribution in [-0.2, 0) is 16.1 Å². The molecule has 0 unspecified atom stereocenters. The third-order valence-electron chi connectivity index (χ3n) is 5.29. The number of Topliss-reactive ketones (excluding diaryl/α,β-unsaturated/α-hetero) is 1. The summed E-state index contributed by atoms with van der Waals surface area (Å²) in [4.78, 5) is 41.6. The van der Waals surface area contributed by atoms with Crippen LogP contribution in [0, 0.1) is 12.7 Å². The minimum Gasteiger partial charge on any atom is -0.492 e. The SMILES string of the molecule is CC(=O)c1cncc(F)c1NCCC(=O)Nc1cnn(CC(=O)N(C)CCOc2ccc(C)cc2)c1. The first kappa shape index (κ1) is 26.3. The van der Waals surface area contributed by atoms with Crippen LogP contribution in [0.4, 0.5) is 15.8 Å². The van der Waals surface area contributed by atoms with Crippen molar-refractivity contribution in [2.75, 3.05) is 37.4 Å². The summed E-state index contributed by atoms with van der Waals surface area (Å²) in [5, 5.41) is 9.57. The van der Waals surface area contributed by atoms with E-state index in [1.165, 1.54) is 24.0 Å². The van der Waals surface area contributed by atoms with Gasteiger partial charge in [0.2, 0.25) is 11.8 Å². The third kappa shape index (κ3) is 7.62. The van der Waals surface area contributed by atoms with E-state index in [0.29, 0.717) is 18.8 Å². The molecular formula is C25H29FN6O4. The number of nitrogens with zero attached hydrogens (tertiary/aromatic N) is 4. The number of anilines is 2. The zero-order valence-corrected chi connectivity index (χ0v) is 20.5. The molecule has 2 aromatic heterocycles. The first-order valence-corrected chi connectivity index (χ1v) is 11.4. The number of benzene rings is 1. The van der Waals surface area contributed by atoms with E-state index in [-0.39, 0.29) is 48.4 Å². The maximum atomic E-state index is 14.0. The standard InChI is InChI=1S/C25H29FN6O4/c1-17-4-6-20(7-5-17)36-11-10-31(3)24(35)16-32-15-19(12-29-32)30-23(34)8-9-28-25-21(18(2)33)13-27-14-22(25)26/h4-7,12-15H,8-11,16H2,1-3H3,(H,27,28)(H,30,34). The lowest BCUT2D eigenvalue weighted by Gasteiger charge is -2.17. The number of pyridine rings is 1. The van der Waals surface area contributed by atoms with Crippen molar-refractivity contribution >= 4 is 29.0 Å². The Hall–Kier alpha value is -4.28. The fourth-order valence-corrected chi connectivity index (χ4v) is 3.24. The van der Waals surface area contributed by atoms with Gasteiger partial charge in [-0.25, -0.2) is 4.39 Å². The largest absolute Gasteiger partial charge is 0.492 e. The van der Waals surface area contributed by atoms with Crippen LogP contribution in [0.2, 0.25) is 0 Å². The molecule has 0 atom stereocenters. The normalized spacial score (nSPS) is 10.6. The van der Waals surface area contributed by atoms with Gasteiger partial charge in [-0.2, -0.15) is 5.10 Å². The second-order valence-corrected chi connectivity index (χ2v) is 8.23. The van der Waals surface area contributed by atoms with Crippen LogP contribution in [0.1, 0.15) is 29.3 Å². The number of ketones is 1. The molecule has 0 spiro atoms. The summed E-state index contributed by atoms with van der Waals surface area (Å²) in [6.07, 6.45) is 5.29. The van der Waals surface area contributed by atoms with Gasteiger partial charge in [0, 0.05) is 32.4 Å². The second kappa shape index (κ2) is 12.4. The Morgan fingerprint density at radius 1 is 1.14 bits per heavy atom. The fraction of sp³-hybridized carbons (Fsp3) is 0.320. The molecule has 0 fully saturated rings. The smallest absolute Gasteiger partial charge is 0.244 e. The summed E-state index contributed by atoms with van der Waals surface area (Å²) < 4.78 is 21.1. The molecule has 0 aliphatic heterocycles. The van der Waals surface area contributed by atoms with Crippen molar-refractivity contribution in [3.05, 3.63) is 66.0 Å². The number of likely N-dealkylation sites (N-methyl/N-ethyl adjacent to an activating group) is 1. The Morgan fingerprint density at radius 2 is 1.89 bits per heavy atom. The summed E-state index contributed by atoms with van der Waals surface area (Å²) in [7, 11) is 1.68. The van der Waals surface area contributed by atoms with Gasteiger partial charge in [0.15, 0.2) is 11.6 Å². The molecule has 11 heteroatoms. The number of carbonyl (C=O) groups is 3. The number of halogens is 1. The molecule has 0 saturated carbocycles. The molecular weight excluding hydrogens is 467 g/mol. The van der Waals surface area contributed by atoms with Crippen LogP contribution in [0.15, 0.2) is 49.1 Å². The van der Waals surface area contributed by atoms with E-state index >= 15 is 0 Å². The predicted molar refractivity (Wildman–Crippen MR) is 132 cm³/mol. The topological polar surface area (TPSA) is 118 Å². The van der Waals surface area contributed by atoms with Crippen LogP contribution in [-0.4, -0.2) is 64.0 Å². The first-order chi connectivity index (χ1) is 17.2. The quantitative estimate of drug-likeness (QED) is 0.370. The van der Waals surface area contributed by atoms with E-state index in [1.807, 2.05) is 31.2 Å². The van der Waals surface area contributed by atoms with E-state index in [0.717, 1.165) is 17.5 Å². The summed E-state index contributed by atoms with van der Waals surface area (Å²) in [5.41, 5.74) is 1.71. The Morgan fingerprint density at radius 3 is 2.61 bits per heavy atom. The highest BCUT2D eigenvalue weighted by Crippen LogP contribution is 2.19. The number of hydrogen-bond acceptors (Lipinski definition) is 7. The third-order valence-corrected chi connectivity index (χ3v) is 5.29. The molecule has 36 heavy (non-hydrogen) atoms. The van der Waals surface area contributed by atoms with E-state index in [1.54, 1.807) is 18.1 Å². The maximum Gasteiger partial charge on any atom is 0.244 e. The monoisotopic (exact) mass is 496 g/mol. The Bertz CT molecular complexity index is 1210. The Balaban J connectivity index is 1.41. The van der Waals surface area contributed by atoms with Crippen molar-refractivity contribution in [1.82, 2.24) is 19.7 Å². The number of ether oxygens (including phenoxy) is 1. The zero-order chi connectivity index (χ0) is 26.1. The minimum absolute atomic E-state index is 0.00754. The van der Waals surface area contributed by atoms with Gasteiger partial charge < -0.3 is 20.3 Å². The van der Waals surface area contributed by atoms with Crippen molar-refractivity contribution < 1.29 is 23.5 Å². The van der Waals surface area contributed by atoms with E-state index in [4.69, 9.17) is 4.74 Å². The van der Waals surface area contributed by atoms with Gasteiger partial charge in [-0.3, -0.25) is 24.0 Å². The lowest BCUT2D eigenvalue weighted by molar-refractivity contribution is -0.131. The van der Waals surface area contributed by atoms with E-state index < -0.39 is 5.82 Å². The molecule has 0 aliphatic carbocycles. The summed E-state index contributed by atoms with van der Waals surface area (Å²) >= 11 is 0. The molecule has 3 aromatic rings. The fourth-order valence-electron chi connectivity index (χ4n) is 3.24. The van der Waals surface area contributed by atoms with Gasteiger partial charge in [-0.1, -0.05) is 17.7 Å². The molecule has 0 aliphatic rings. The highest BCUT2D eigenvalue weighted by molar-refractivity contribution is 5.99. The predicted octanol–water partition coefficient (Wildman–Crippen LogP) is 2.91. The number of hydrogen-bond donors (Lipinski definition) is 2. The van der Waals surface area contributed by atoms with Crippen LogP contribution in [0.25, 0.3) is 0 Å². The molecule has 3 rings (SSSR count). The number of aryl methyl sites for hydroxylation is 1. The van der Waals surface area contributed by atoms with Crippen LogP contribution in [0.5, 0.6) is 5.75 Å². The molecule has 0 saturated heterocycles. The van der Waals surface area contributed by atoms with Crippen molar-refractivity contribution in [2.45, 2.75) is 26.8 Å². The van der Waals surface area contributed by atoms with Gasteiger partial charge >= 0.3 is 0 Å². The van der Waals surface area contributed by atoms with Crippen molar-refractivity contribution in [1.29, 1.82) is 0 Å². The number of rotatable bonds is 12. The van der Waals surface area contributed by atoms with Crippen LogP contribution < -0.4 is 15.4 Å². The number of nitrogens with one attached hydrogen (secondary N) is 2. The van der Waals surface area contributed by atoms with Gasteiger partial charge in [-0.15, -0.1) is 0 Å². The molecule has 2 N–H and O–H groups in total. The number of carbonyl (C=O) groups excluding carboxylic acids is 3. The van der Waals surface area contributed by atoms with E-state index in [2.05, 4.69) is 20.7 Å². The zero-order valence-electron chi connectivity index (χ0n) is 20.5. The molecule has 190 valence electrons. The average molecular weight is 497 g/mol. The highest BCUT2D eigenvalue weighted by atomic mass is 19.1. The van der Waals surface area contributed by atoms with Gasteiger partial charge in [-0.05, 0) is 26.0 Å². The number of amides is 2. The molecule has 2 amide bonds. The van der Waals surface area contributed by atoms with E-state index in [9.17, 15) is 18.8 Å². The van der Waals surface area contributed by atoms with Gasteiger partial charge in [0.05, 0.1) is 35.9 Å². The van der Waals surface area contributed by atoms with Gasteiger partial charge in [0.1, 0.15) is 18.9 Å². The van der Waals surface area contributed by atoms with Crippen molar-refractivity contribution in [3.63, 3.8) is 0 Å². The maximum absolute atomic E-state index is 14.0. The summed E-state index contributed by atoms with van der Waals surface area (Å²) in [6.45, 7) is 4.19. The lowest BCUT2D eigenvalue weighted by atomic mass is 10.1. The summed E-state index contributed by atoms with van der Waals surface area (Å²) in [6, 6.07) is 7.68. The van der Waals surface area contributed by atoms with Crippen LogP contribution >= 0.6 is 0 Å².